The number of likely N-dealkylation sites (tertiary alicyclic amines) is 1. The molecule has 110 valence electrons. The van der Waals surface area contributed by atoms with Gasteiger partial charge < -0.3 is 10.4 Å². The van der Waals surface area contributed by atoms with Gasteiger partial charge in [-0.3, -0.25) is 4.90 Å². The summed E-state index contributed by atoms with van der Waals surface area (Å²) in [7, 11) is 0. The van der Waals surface area contributed by atoms with Crippen LogP contribution < -0.4 is 5.32 Å². The summed E-state index contributed by atoms with van der Waals surface area (Å²) >= 11 is 0. The fraction of sp³-hybridized carbons (Fsp3) is 0.333. The largest absolute Gasteiger partial charge is 0.508 e. The second-order valence-corrected chi connectivity index (χ2v) is 5.85. The SMILES string of the molecule is Cc1cc(NC2CCN(Cc3ccccc3)C2)ccc1O. The number of phenolic OH excluding ortho intramolecular Hbond substituents is 1. The van der Waals surface area contributed by atoms with Gasteiger partial charge in [0.05, 0.1) is 0 Å². The molecule has 0 saturated carbocycles. The van der Waals surface area contributed by atoms with E-state index in [1.54, 1.807) is 6.07 Å². The lowest BCUT2D eigenvalue weighted by Crippen LogP contribution is -2.25. The maximum absolute atomic E-state index is 9.57. The van der Waals surface area contributed by atoms with E-state index in [4.69, 9.17) is 0 Å². The number of phenols is 1. The van der Waals surface area contributed by atoms with E-state index in [1.165, 1.54) is 5.56 Å². The van der Waals surface area contributed by atoms with Crippen molar-refractivity contribution >= 4 is 5.69 Å². The molecule has 0 spiro atoms. The molecule has 0 aromatic heterocycles. The van der Waals surface area contributed by atoms with Crippen molar-refractivity contribution in [3.8, 4) is 5.75 Å². The highest BCUT2D eigenvalue weighted by Gasteiger charge is 2.22. The fourth-order valence-corrected chi connectivity index (χ4v) is 2.92. The van der Waals surface area contributed by atoms with Gasteiger partial charge >= 0.3 is 0 Å². The maximum Gasteiger partial charge on any atom is 0.118 e. The highest BCUT2D eigenvalue weighted by atomic mass is 16.3. The third-order valence-corrected chi connectivity index (χ3v) is 4.09. The molecule has 1 saturated heterocycles. The Morgan fingerprint density at radius 2 is 2.00 bits per heavy atom. The van der Waals surface area contributed by atoms with Crippen molar-refractivity contribution in [1.82, 2.24) is 4.90 Å². The molecule has 0 aliphatic carbocycles. The van der Waals surface area contributed by atoms with Crippen molar-refractivity contribution in [3.63, 3.8) is 0 Å². The molecular formula is C18H22N2O. The molecule has 2 aromatic carbocycles. The minimum absolute atomic E-state index is 0.359. The van der Waals surface area contributed by atoms with E-state index >= 15 is 0 Å². The smallest absolute Gasteiger partial charge is 0.118 e. The summed E-state index contributed by atoms with van der Waals surface area (Å²) in [5, 5.41) is 13.1. The van der Waals surface area contributed by atoms with Crippen molar-refractivity contribution < 1.29 is 5.11 Å². The predicted molar refractivity (Wildman–Crippen MR) is 86.6 cm³/mol. The zero-order chi connectivity index (χ0) is 14.7. The third-order valence-electron chi connectivity index (χ3n) is 4.09. The van der Waals surface area contributed by atoms with E-state index in [-0.39, 0.29) is 0 Å². The monoisotopic (exact) mass is 282 g/mol. The summed E-state index contributed by atoms with van der Waals surface area (Å²) < 4.78 is 0. The maximum atomic E-state index is 9.57. The Balaban J connectivity index is 1.56. The highest BCUT2D eigenvalue weighted by molar-refractivity contribution is 5.51. The second kappa shape index (κ2) is 6.19. The summed E-state index contributed by atoms with van der Waals surface area (Å²) in [6.07, 6.45) is 1.16. The molecule has 0 bridgehead atoms. The number of nitrogens with one attached hydrogen (secondary N) is 1. The number of anilines is 1. The van der Waals surface area contributed by atoms with E-state index in [2.05, 4.69) is 40.5 Å². The summed E-state index contributed by atoms with van der Waals surface area (Å²) in [4.78, 5) is 2.49. The first-order valence-corrected chi connectivity index (χ1v) is 7.53. The zero-order valence-electron chi connectivity index (χ0n) is 12.4. The first-order valence-electron chi connectivity index (χ1n) is 7.53. The molecule has 3 rings (SSSR count). The van der Waals surface area contributed by atoms with E-state index in [9.17, 15) is 5.11 Å². The molecule has 1 heterocycles. The Morgan fingerprint density at radius 1 is 1.19 bits per heavy atom. The lowest BCUT2D eigenvalue weighted by Gasteiger charge is -2.18. The molecule has 1 aliphatic rings. The molecule has 0 amide bonds. The number of hydrogen-bond donors (Lipinski definition) is 2. The molecular weight excluding hydrogens is 260 g/mol. The Hall–Kier alpha value is -2.00. The molecule has 1 fully saturated rings. The van der Waals surface area contributed by atoms with Crippen LogP contribution in [0.2, 0.25) is 0 Å². The fourth-order valence-electron chi connectivity index (χ4n) is 2.92. The minimum atomic E-state index is 0.359. The molecule has 3 heteroatoms. The van der Waals surface area contributed by atoms with Crippen LogP contribution in [0.25, 0.3) is 0 Å². The average molecular weight is 282 g/mol. The standard InChI is InChI=1S/C18H22N2O/c1-14-11-16(7-8-18(14)21)19-17-9-10-20(13-17)12-15-5-3-2-4-6-15/h2-8,11,17,19,21H,9-10,12-13H2,1H3. The van der Waals surface area contributed by atoms with E-state index in [0.717, 1.165) is 37.3 Å². The van der Waals surface area contributed by atoms with Crippen molar-refractivity contribution in [2.45, 2.75) is 25.9 Å². The quantitative estimate of drug-likeness (QED) is 0.844. The molecule has 2 N–H and O–H groups in total. The third kappa shape index (κ3) is 3.56. The van der Waals surface area contributed by atoms with E-state index in [1.807, 2.05) is 19.1 Å². The molecule has 1 atom stereocenters. The number of aryl methyl sites for hydroxylation is 1. The summed E-state index contributed by atoms with van der Waals surface area (Å²) in [5.41, 5.74) is 3.38. The number of benzene rings is 2. The molecule has 1 aliphatic heterocycles. The van der Waals surface area contributed by atoms with E-state index in [0.29, 0.717) is 11.8 Å². The number of nitrogens with zero attached hydrogens (tertiary/aromatic N) is 1. The Morgan fingerprint density at radius 3 is 2.76 bits per heavy atom. The van der Waals surface area contributed by atoms with Crippen molar-refractivity contribution in [1.29, 1.82) is 0 Å². The molecule has 2 aromatic rings. The van der Waals surface area contributed by atoms with Crippen LogP contribution in [0, 0.1) is 6.92 Å². The molecule has 3 nitrogen and oxygen atoms in total. The van der Waals surface area contributed by atoms with Gasteiger partial charge in [-0.15, -0.1) is 0 Å². The summed E-state index contributed by atoms with van der Waals surface area (Å²) in [5.74, 6) is 0.359. The topological polar surface area (TPSA) is 35.5 Å². The van der Waals surface area contributed by atoms with Gasteiger partial charge in [-0.25, -0.2) is 0 Å². The second-order valence-electron chi connectivity index (χ2n) is 5.85. The Bertz CT molecular complexity index is 597. The molecule has 21 heavy (non-hydrogen) atoms. The zero-order valence-corrected chi connectivity index (χ0v) is 12.4. The number of rotatable bonds is 4. The average Bonchev–Trinajstić information content (AvgIpc) is 2.91. The van der Waals surface area contributed by atoms with Crippen LogP contribution in [0.5, 0.6) is 5.75 Å². The van der Waals surface area contributed by atoms with Crippen LogP contribution in [0.4, 0.5) is 5.69 Å². The van der Waals surface area contributed by atoms with Gasteiger partial charge in [0.1, 0.15) is 5.75 Å². The Kier molecular flexibility index (Phi) is 4.11. The number of aromatic hydroxyl groups is 1. The van der Waals surface area contributed by atoms with Gasteiger partial charge in [0.15, 0.2) is 0 Å². The predicted octanol–water partition coefficient (Wildman–Crippen LogP) is 3.39. The van der Waals surface area contributed by atoms with Gasteiger partial charge in [-0.2, -0.15) is 0 Å². The van der Waals surface area contributed by atoms with Gasteiger partial charge in [0.2, 0.25) is 0 Å². The highest BCUT2D eigenvalue weighted by Crippen LogP contribution is 2.23. The van der Waals surface area contributed by atoms with Gasteiger partial charge in [-0.05, 0) is 42.7 Å². The molecule has 1 unspecified atom stereocenters. The van der Waals surface area contributed by atoms with Crippen LogP contribution >= 0.6 is 0 Å². The van der Waals surface area contributed by atoms with Gasteiger partial charge in [0, 0.05) is 31.4 Å². The van der Waals surface area contributed by atoms with Crippen LogP contribution in [0.1, 0.15) is 17.5 Å². The minimum Gasteiger partial charge on any atom is -0.508 e. The lowest BCUT2D eigenvalue weighted by atomic mass is 10.2. The van der Waals surface area contributed by atoms with E-state index < -0.39 is 0 Å². The summed E-state index contributed by atoms with van der Waals surface area (Å²) in [6, 6.07) is 16.8. The normalized spacial score (nSPS) is 18.8. The first kappa shape index (κ1) is 14.0. The van der Waals surface area contributed by atoms with Crippen LogP contribution in [-0.2, 0) is 6.54 Å². The van der Waals surface area contributed by atoms with Crippen molar-refractivity contribution in [3.05, 3.63) is 59.7 Å². The molecule has 0 radical (unpaired) electrons. The van der Waals surface area contributed by atoms with Crippen molar-refractivity contribution in [2.75, 3.05) is 18.4 Å². The lowest BCUT2D eigenvalue weighted by molar-refractivity contribution is 0.328. The van der Waals surface area contributed by atoms with Crippen LogP contribution in [0.15, 0.2) is 48.5 Å². The van der Waals surface area contributed by atoms with Gasteiger partial charge in [-0.1, -0.05) is 30.3 Å². The van der Waals surface area contributed by atoms with Crippen LogP contribution in [-0.4, -0.2) is 29.1 Å². The Labute approximate surface area is 126 Å². The first-order chi connectivity index (χ1) is 10.2. The summed E-state index contributed by atoms with van der Waals surface area (Å²) in [6.45, 7) is 5.14. The van der Waals surface area contributed by atoms with Gasteiger partial charge in [0.25, 0.3) is 0 Å². The van der Waals surface area contributed by atoms with Crippen molar-refractivity contribution in [2.24, 2.45) is 0 Å². The van der Waals surface area contributed by atoms with Crippen LogP contribution in [0.3, 0.4) is 0 Å². The number of hydrogen-bond acceptors (Lipinski definition) is 3.